The number of rotatable bonds is 5. The molecule has 1 amide bonds. The average Bonchev–Trinajstić information content (AvgIpc) is 3.19. The smallest absolute Gasteiger partial charge is 0.259 e. The van der Waals surface area contributed by atoms with Crippen LogP contribution in [0.15, 0.2) is 41.6 Å². The van der Waals surface area contributed by atoms with E-state index >= 15 is 0 Å². The van der Waals surface area contributed by atoms with Crippen LogP contribution in [0.2, 0.25) is 0 Å². The normalized spacial score (nSPS) is 22.1. The lowest BCUT2D eigenvalue weighted by molar-refractivity contribution is -0.150. The molecule has 0 N–H and O–H groups in total. The van der Waals surface area contributed by atoms with Gasteiger partial charge in [-0.3, -0.25) is 9.48 Å². The number of amides is 1. The Balaban J connectivity index is 1.58. The summed E-state index contributed by atoms with van der Waals surface area (Å²) in [5.41, 5.74) is -0.219. The molecule has 0 bridgehead atoms. The van der Waals surface area contributed by atoms with E-state index < -0.39 is 27.5 Å². The monoisotopic (exact) mass is 422 g/mol. The summed E-state index contributed by atoms with van der Waals surface area (Å²) in [5.74, 6) is -0.669. The van der Waals surface area contributed by atoms with Gasteiger partial charge in [0, 0.05) is 38.6 Å². The molecule has 0 saturated carbocycles. The molecule has 0 aliphatic carbocycles. The summed E-state index contributed by atoms with van der Waals surface area (Å²) in [6, 6.07) is 5.86. The number of aryl methyl sites for hydroxylation is 1. The van der Waals surface area contributed by atoms with Crippen LogP contribution in [0.3, 0.4) is 0 Å². The number of anilines is 1. The van der Waals surface area contributed by atoms with Crippen molar-refractivity contribution in [2.75, 3.05) is 25.1 Å². The quantitative estimate of drug-likeness (QED) is 0.684. The molecule has 1 spiro atoms. The Morgan fingerprint density at radius 2 is 2.03 bits per heavy atom. The number of halogens is 1. The van der Waals surface area contributed by atoms with Gasteiger partial charge in [0.15, 0.2) is 6.10 Å². The van der Waals surface area contributed by atoms with E-state index in [0.717, 1.165) is 0 Å². The number of sulfonamides is 1. The van der Waals surface area contributed by atoms with Gasteiger partial charge in [0.1, 0.15) is 10.7 Å². The first-order chi connectivity index (χ1) is 13.8. The molecule has 0 radical (unpaired) electrons. The zero-order valence-electron chi connectivity index (χ0n) is 16.3. The maximum Gasteiger partial charge on any atom is 0.259 e. The first kappa shape index (κ1) is 20.0. The molecule has 2 aromatic rings. The fraction of sp³-hybridized carbons (Fsp3) is 0.474. The van der Waals surface area contributed by atoms with Crippen molar-refractivity contribution in [3.63, 3.8) is 0 Å². The molecule has 1 aromatic heterocycles. The maximum atomic E-state index is 13.7. The molecular weight excluding hydrogens is 399 g/mol. The largest absolute Gasteiger partial charge is 0.369 e. The maximum absolute atomic E-state index is 13.7. The predicted octanol–water partition coefficient (Wildman–Crippen LogP) is 1.63. The minimum Gasteiger partial charge on any atom is -0.369 e. The molecule has 29 heavy (non-hydrogen) atoms. The molecule has 1 unspecified atom stereocenters. The van der Waals surface area contributed by atoms with Crippen LogP contribution in [0.5, 0.6) is 0 Å². The molecule has 2 fully saturated rings. The Kier molecular flexibility index (Phi) is 4.96. The van der Waals surface area contributed by atoms with Crippen molar-refractivity contribution in [1.29, 1.82) is 0 Å². The molecule has 10 heteroatoms. The Labute approximate surface area is 168 Å². The zero-order valence-corrected chi connectivity index (χ0v) is 17.1. The molecule has 8 nitrogen and oxygen atoms in total. The number of methoxy groups -OCH3 is 1. The van der Waals surface area contributed by atoms with Gasteiger partial charge in [-0.2, -0.15) is 9.40 Å². The van der Waals surface area contributed by atoms with Gasteiger partial charge >= 0.3 is 0 Å². The third-order valence-corrected chi connectivity index (χ3v) is 7.69. The number of carbonyl (C=O) groups excluding carboxylic acids is 1. The topological polar surface area (TPSA) is 84.7 Å². The summed E-state index contributed by atoms with van der Waals surface area (Å²) in [6.07, 6.45) is 3.00. The highest BCUT2D eigenvalue weighted by molar-refractivity contribution is 7.89. The number of β-lactam (4-membered cyclic amide) rings is 1. The second-order valence-corrected chi connectivity index (χ2v) is 9.25. The van der Waals surface area contributed by atoms with E-state index in [1.54, 1.807) is 21.7 Å². The van der Waals surface area contributed by atoms with Crippen LogP contribution < -0.4 is 4.90 Å². The highest BCUT2D eigenvalue weighted by Gasteiger charge is 2.62. The number of hydrogen-bond donors (Lipinski definition) is 0. The van der Waals surface area contributed by atoms with Crippen molar-refractivity contribution in [2.45, 2.75) is 42.8 Å². The zero-order chi connectivity index (χ0) is 20.8. The number of hydrogen-bond acceptors (Lipinski definition) is 5. The van der Waals surface area contributed by atoms with E-state index in [4.69, 9.17) is 4.74 Å². The predicted molar refractivity (Wildman–Crippen MR) is 103 cm³/mol. The number of piperidine rings is 1. The third kappa shape index (κ3) is 3.06. The van der Waals surface area contributed by atoms with Crippen molar-refractivity contribution >= 4 is 21.6 Å². The summed E-state index contributed by atoms with van der Waals surface area (Å²) < 4.78 is 48.0. The molecule has 4 rings (SSSR count). The SMILES string of the molecule is CCn1cc(S(=O)(=O)N2CCC3(CC2)C(OC)C(=O)N3c2cccc(F)c2)cn1. The van der Waals surface area contributed by atoms with Gasteiger partial charge in [-0.25, -0.2) is 12.8 Å². The van der Waals surface area contributed by atoms with Crippen LogP contribution in [-0.2, 0) is 26.1 Å². The summed E-state index contributed by atoms with van der Waals surface area (Å²) in [7, 11) is -2.20. The van der Waals surface area contributed by atoms with Crippen molar-refractivity contribution < 1.29 is 22.3 Å². The van der Waals surface area contributed by atoms with Crippen LogP contribution >= 0.6 is 0 Å². The second-order valence-electron chi connectivity index (χ2n) is 7.31. The van der Waals surface area contributed by atoms with Gasteiger partial charge in [0.05, 0.1) is 11.7 Å². The van der Waals surface area contributed by atoms with Crippen LogP contribution in [0.4, 0.5) is 10.1 Å². The number of aromatic nitrogens is 2. The minimum absolute atomic E-state index is 0.158. The highest BCUT2D eigenvalue weighted by Crippen LogP contribution is 2.46. The van der Waals surface area contributed by atoms with Crippen molar-refractivity contribution in [3.05, 3.63) is 42.5 Å². The molecule has 2 aliphatic rings. The summed E-state index contributed by atoms with van der Waals surface area (Å²) in [6.45, 7) is 2.93. The summed E-state index contributed by atoms with van der Waals surface area (Å²) in [5, 5.41) is 4.05. The van der Waals surface area contributed by atoms with Crippen molar-refractivity contribution in [1.82, 2.24) is 14.1 Å². The minimum atomic E-state index is -3.67. The van der Waals surface area contributed by atoms with Gasteiger partial charge in [0.2, 0.25) is 10.0 Å². The summed E-state index contributed by atoms with van der Waals surface area (Å²) >= 11 is 0. The third-order valence-electron chi connectivity index (χ3n) is 5.84. The Morgan fingerprint density at radius 1 is 1.31 bits per heavy atom. The first-order valence-corrected chi connectivity index (χ1v) is 10.9. The molecular formula is C19H23FN4O4S. The van der Waals surface area contributed by atoms with Crippen molar-refractivity contribution in [3.8, 4) is 0 Å². The van der Waals surface area contributed by atoms with E-state index in [-0.39, 0.29) is 23.9 Å². The van der Waals surface area contributed by atoms with Crippen LogP contribution in [0.25, 0.3) is 0 Å². The van der Waals surface area contributed by atoms with Gasteiger partial charge in [-0.1, -0.05) is 6.07 Å². The lowest BCUT2D eigenvalue weighted by atomic mass is 9.73. The molecule has 2 saturated heterocycles. The first-order valence-electron chi connectivity index (χ1n) is 9.48. The number of carbonyl (C=O) groups is 1. The molecule has 2 aliphatic heterocycles. The second kappa shape index (κ2) is 7.19. The molecule has 3 heterocycles. The fourth-order valence-corrected chi connectivity index (χ4v) is 5.73. The Bertz CT molecular complexity index is 1030. The lowest BCUT2D eigenvalue weighted by Gasteiger charge is -2.59. The van der Waals surface area contributed by atoms with Crippen LogP contribution in [0, 0.1) is 5.82 Å². The van der Waals surface area contributed by atoms with E-state index in [2.05, 4.69) is 5.10 Å². The fourth-order valence-electron chi connectivity index (χ4n) is 4.34. The molecule has 156 valence electrons. The van der Waals surface area contributed by atoms with E-state index in [1.165, 1.54) is 35.9 Å². The van der Waals surface area contributed by atoms with E-state index in [1.807, 2.05) is 6.92 Å². The van der Waals surface area contributed by atoms with E-state index in [9.17, 15) is 17.6 Å². The van der Waals surface area contributed by atoms with Crippen LogP contribution in [-0.4, -0.2) is 60.3 Å². The van der Waals surface area contributed by atoms with Gasteiger partial charge in [0.25, 0.3) is 5.91 Å². The average molecular weight is 422 g/mol. The number of nitrogens with zero attached hydrogens (tertiary/aromatic N) is 4. The van der Waals surface area contributed by atoms with Gasteiger partial charge < -0.3 is 9.64 Å². The number of benzene rings is 1. The number of ether oxygens (including phenoxy) is 1. The van der Waals surface area contributed by atoms with Gasteiger partial charge in [-0.15, -0.1) is 0 Å². The highest BCUT2D eigenvalue weighted by atomic mass is 32.2. The summed E-state index contributed by atoms with van der Waals surface area (Å²) in [4.78, 5) is 14.4. The van der Waals surface area contributed by atoms with Crippen molar-refractivity contribution in [2.24, 2.45) is 0 Å². The Hall–Kier alpha value is -2.30. The molecule has 1 aromatic carbocycles. The lowest BCUT2D eigenvalue weighted by Crippen LogP contribution is -2.77. The standard InChI is InChI=1S/C19H23FN4O4S/c1-3-22-13-16(12-21-22)29(26,27)23-9-7-19(8-10-23)17(28-2)18(25)24(19)15-6-4-5-14(20)11-15/h4-6,11-13,17H,3,7-10H2,1-2H3. The van der Waals surface area contributed by atoms with E-state index in [0.29, 0.717) is 25.1 Å². The van der Waals surface area contributed by atoms with Crippen LogP contribution in [0.1, 0.15) is 19.8 Å². The molecule has 1 atom stereocenters. The Morgan fingerprint density at radius 3 is 2.62 bits per heavy atom. The van der Waals surface area contributed by atoms with Gasteiger partial charge in [-0.05, 0) is 38.0 Å².